The molecule has 6 nitrogen and oxygen atoms in total. The first-order chi connectivity index (χ1) is 15.3. The fourth-order valence-corrected chi connectivity index (χ4v) is 5.76. The zero-order valence-electron chi connectivity index (χ0n) is 19.0. The highest BCUT2D eigenvalue weighted by atomic mass is 32.2. The number of rotatable bonds is 5. The summed E-state index contributed by atoms with van der Waals surface area (Å²) in [5.74, 6) is -0.113. The summed E-state index contributed by atoms with van der Waals surface area (Å²) < 4.78 is 8.16. The zero-order chi connectivity index (χ0) is 23.0. The van der Waals surface area contributed by atoms with Crippen LogP contribution in [-0.2, 0) is 16.6 Å². The number of anilines is 1. The van der Waals surface area contributed by atoms with E-state index in [2.05, 4.69) is 11.8 Å². The third kappa shape index (κ3) is 4.23. The highest BCUT2D eigenvalue weighted by Gasteiger charge is 2.33. The van der Waals surface area contributed by atoms with Crippen molar-refractivity contribution in [1.29, 1.82) is 0 Å². The number of hydrogen-bond acceptors (Lipinski definition) is 6. The number of carbonyl (C=O) groups excluding carboxylic acids is 1. The van der Waals surface area contributed by atoms with Gasteiger partial charge in [-0.05, 0) is 32.4 Å². The van der Waals surface area contributed by atoms with Gasteiger partial charge in [0.1, 0.15) is 4.32 Å². The van der Waals surface area contributed by atoms with E-state index in [1.165, 1.54) is 11.8 Å². The molecule has 8 heteroatoms. The second-order valence-corrected chi connectivity index (χ2v) is 10.2. The number of para-hydroxylation sites is 1. The van der Waals surface area contributed by atoms with E-state index in [0.717, 1.165) is 29.4 Å². The fourth-order valence-electron chi connectivity index (χ4n) is 4.47. The lowest BCUT2D eigenvalue weighted by Crippen LogP contribution is -2.46. The van der Waals surface area contributed by atoms with E-state index in [9.17, 15) is 9.59 Å². The predicted molar refractivity (Wildman–Crippen MR) is 136 cm³/mol. The summed E-state index contributed by atoms with van der Waals surface area (Å²) in [6, 6.07) is 7.92. The number of thioether (sulfide) groups is 1. The Balaban J connectivity index is 1.89. The standard InChI is InChI=1S/C24H29N3O3S2/c1-5-6-11-27-23(29)20(32-24(27)31)12-18-21(26-13-15(2)30-16(3)14-26)17-9-7-8-10-19(17)25(4)22(18)28/h7-10,12,15-16H,5-6,11,13-14H2,1-4H3. The van der Waals surface area contributed by atoms with Crippen molar-refractivity contribution >= 4 is 56.9 Å². The van der Waals surface area contributed by atoms with Crippen molar-refractivity contribution in [3.63, 3.8) is 0 Å². The molecule has 2 aliphatic rings. The number of aryl methyl sites for hydroxylation is 1. The van der Waals surface area contributed by atoms with Gasteiger partial charge in [-0.1, -0.05) is 55.5 Å². The van der Waals surface area contributed by atoms with E-state index in [1.807, 2.05) is 38.1 Å². The number of carbonyl (C=O) groups is 1. The van der Waals surface area contributed by atoms with E-state index >= 15 is 0 Å². The van der Waals surface area contributed by atoms with Crippen LogP contribution in [0.5, 0.6) is 0 Å². The highest BCUT2D eigenvalue weighted by Crippen LogP contribution is 2.36. The van der Waals surface area contributed by atoms with Gasteiger partial charge in [0.05, 0.1) is 33.9 Å². The fraction of sp³-hybridized carbons (Fsp3) is 0.458. The van der Waals surface area contributed by atoms with Crippen molar-refractivity contribution in [2.45, 2.75) is 45.8 Å². The lowest BCUT2D eigenvalue weighted by molar-refractivity contribution is -0.122. The van der Waals surface area contributed by atoms with E-state index in [1.54, 1.807) is 22.6 Å². The second kappa shape index (κ2) is 9.37. The van der Waals surface area contributed by atoms with E-state index < -0.39 is 0 Å². The van der Waals surface area contributed by atoms with Gasteiger partial charge in [0.2, 0.25) is 0 Å². The largest absolute Gasteiger partial charge is 0.372 e. The summed E-state index contributed by atoms with van der Waals surface area (Å²) in [4.78, 5) is 31.0. The molecule has 1 aromatic heterocycles. The minimum Gasteiger partial charge on any atom is -0.372 e. The molecule has 0 N–H and O–H groups in total. The Bertz CT molecular complexity index is 1150. The number of unbranched alkanes of at least 4 members (excludes halogenated alkanes) is 1. The third-order valence-corrected chi connectivity index (χ3v) is 7.31. The Morgan fingerprint density at radius 1 is 1.19 bits per heavy atom. The van der Waals surface area contributed by atoms with Gasteiger partial charge in [-0.3, -0.25) is 14.5 Å². The van der Waals surface area contributed by atoms with Gasteiger partial charge in [0, 0.05) is 32.1 Å². The van der Waals surface area contributed by atoms with E-state index in [-0.39, 0.29) is 23.7 Å². The maximum Gasteiger partial charge on any atom is 0.266 e. The first-order valence-electron chi connectivity index (χ1n) is 11.1. The third-order valence-electron chi connectivity index (χ3n) is 5.93. The molecule has 0 spiro atoms. The monoisotopic (exact) mass is 471 g/mol. The van der Waals surface area contributed by atoms with Gasteiger partial charge >= 0.3 is 0 Å². The molecule has 32 heavy (non-hydrogen) atoms. The molecule has 0 aliphatic carbocycles. The summed E-state index contributed by atoms with van der Waals surface area (Å²) in [6.45, 7) is 8.15. The molecule has 2 saturated heterocycles. The van der Waals surface area contributed by atoms with Crippen LogP contribution in [0.25, 0.3) is 17.0 Å². The molecular formula is C24H29N3O3S2. The normalized spacial score (nSPS) is 23.1. The average Bonchev–Trinajstić information content (AvgIpc) is 3.02. The molecule has 0 radical (unpaired) electrons. The Morgan fingerprint density at radius 3 is 2.56 bits per heavy atom. The van der Waals surface area contributed by atoms with Crippen LogP contribution in [0.3, 0.4) is 0 Å². The quantitative estimate of drug-likeness (QED) is 0.482. The van der Waals surface area contributed by atoms with Crippen molar-refractivity contribution in [3.8, 4) is 0 Å². The minimum absolute atomic E-state index is 0.0432. The summed E-state index contributed by atoms with van der Waals surface area (Å²) in [5.41, 5.74) is 2.14. The molecule has 2 aliphatic heterocycles. The number of pyridine rings is 1. The average molecular weight is 472 g/mol. The summed E-state index contributed by atoms with van der Waals surface area (Å²) in [7, 11) is 1.78. The van der Waals surface area contributed by atoms with Crippen LogP contribution in [0.4, 0.5) is 5.69 Å². The Morgan fingerprint density at radius 2 is 1.88 bits per heavy atom. The van der Waals surface area contributed by atoms with Crippen molar-refractivity contribution in [1.82, 2.24) is 9.47 Å². The van der Waals surface area contributed by atoms with Gasteiger partial charge in [-0.25, -0.2) is 0 Å². The number of amides is 1. The minimum atomic E-state index is -0.121. The molecule has 2 atom stereocenters. The first kappa shape index (κ1) is 23.0. The molecule has 0 saturated carbocycles. The maximum atomic E-state index is 13.5. The van der Waals surface area contributed by atoms with Crippen LogP contribution in [0.1, 0.15) is 39.2 Å². The van der Waals surface area contributed by atoms with Crippen LogP contribution in [-0.4, -0.2) is 51.5 Å². The van der Waals surface area contributed by atoms with Crippen LogP contribution in [0, 0.1) is 0 Å². The van der Waals surface area contributed by atoms with Crippen LogP contribution in [0.15, 0.2) is 34.0 Å². The molecule has 1 aromatic carbocycles. The first-order valence-corrected chi connectivity index (χ1v) is 12.3. The Kier molecular flexibility index (Phi) is 6.74. The summed E-state index contributed by atoms with van der Waals surface area (Å²) in [6.07, 6.45) is 3.72. The van der Waals surface area contributed by atoms with Crippen LogP contribution >= 0.6 is 24.0 Å². The lowest BCUT2D eigenvalue weighted by atomic mass is 10.0. The van der Waals surface area contributed by atoms with Crippen molar-refractivity contribution in [2.75, 3.05) is 24.5 Å². The molecule has 2 unspecified atom stereocenters. The Labute approximate surface area is 198 Å². The molecule has 170 valence electrons. The van der Waals surface area contributed by atoms with Crippen molar-refractivity contribution < 1.29 is 9.53 Å². The molecular weight excluding hydrogens is 442 g/mol. The molecule has 3 heterocycles. The van der Waals surface area contributed by atoms with Gasteiger partial charge < -0.3 is 14.2 Å². The van der Waals surface area contributed by atoms with Gasteiger partial charge in [-0.2, -0.15) is 0 Å². The maximum absolute atomic E-state index is 13.5. The molecule has 2 fully saturated rings. The van der Waals surface area contributed by atoms with Crippen LogP contribution in [0.2, 0.25) is 0 Å². The number of fused-ring (bicyclic) bond motifs is 1. The van der Waals surface area contributed by atoms with Crippen molar-refractivity contribution in [2.24, 2.45) is 7.05 Å². The SMILES string of the molecule is CCCCN1C(=O)C(=Cc2c(N3CC(C)OC(C)C3)c3ccccc3n(C)c2=O)SC1=S. The Hall–Kier alpha value is -2.16. The lowest BCUT2D eigenvalue weighted by Gasteiger charge is -2.38. The summed E-state index contributed by atoms with van der Waals surface area (Å²) in [5, 5.41) is 0.989. The number of ether oxygens (including phenoxy) is 1. The molecule has 4 rings (SSSR count). The number of thiocarbonyl (C=S) groups is 1. The summed E-state index contributed by atoms with van der Waals surface area (Å²) >= 11 is 6.75. The predicted octanol–water partition coefficient (Wildman–Crippen LogP) is 4.15. The number of hydrogen-bond donors (Lipinski definition) is 0. The van der Waals surface area contributed by atoms with Crippen molar-refractivity contribution in [3.05, 3.63) is 45.1 Å². The number of morpholine rings is 1. The number of nitrogens with zero attached hydrogens (tertiary/aromatic N) is 3. The van der Waals surface area contributed by atoms with Crippen LogP contribution < -0.4 is 10.5 Å². The highest BCUT2D eigenvalue weighted by molar-refractivity contribution is 8.26. The number of aromatic nitrogens is 1. The zero-order valence-corrected chi connectivity index (χ0v) is 20.6. The number of benzene rings is 1. The van der Waals surface area contributed by atoms with Gasteiger partial charge in [0.25, 0.3) is 11.5 Å². The smallest absolute Gasteiger partial charge is 0.266 e. The topological polar surface area (TPSA) is 54.8 Å². The second-order valence-electron chi connectivity index (χ2n) is 8.49. The molecule has 0 bridgehead atoms. The van der Waals surface area contributed by atoms with Gasteiger partial charge in [-0.15, -0.1) is 0 Å². The van der Waals surface area contributed by atoms with E-state index in [4.69, 9.17) is 17.0 Å². The van der Waals surface area contributed by atoms with E-state index in [0.29, 0.717) is 34.4 Å². The molecule has 1 amide bonds. The molecule has 2 aromatic rings. The van der Waals surface area contributed by atoms with Gasteiger partial charge in [0.15, 0.2) is 0 Å².